The van der Waals surface area contributed by atoms with Crippen molar-refractivity contribution in [3.63, 3.8) is 0 Å². The fourth-order valence-electron chi connectivity index (χ4n) is 2.21. The lowest BCUT2D eigenvalue weighted by atomic mass is 9.89. The Morgan fingerprint density at radius 1 is 0.944 bits per heavy atom. The van der Waals surface area contributed by atoms with Crippen LogP contribution in [0, 0.1) is 0 Å². The number of thiol groups is 1. The van der Waals surface area contributed by atoms with Crippen LogP contribution >= 0.6 is 24.4 Å². The molecule has 0 fully saturated rings. The van der Waals surface area contributed by atoms with Crippen molar-refractivity contribution in [1.82, 2.24) is 0 Å². The van der Waals surface area contributed by atoms with E-state index in [0.29, 0.717) is 5.92 Å². The van der Waals surface area contributed by atoms with E-state index in [9.17, 15) is 0 Å². The molecule has 0 heterocycles. The lowest BCUT2D eigenvalue weighted by Gasteiger charge is -2.16. The Labute approximate surface area is 119 Å². The Kier molecular flexibility index (Phi) is 4.79. The van der Waals surface area contributed by atoms with Gasteiger partial charge in [0.05, 0.1) is 0 Å². The van der Waals surface area contributed by atoms with E-state index in [1.165, 1.54) is 16.0 Å². The van der Waals surface area contributed by atoms with E-state index in [2.05, 4.69) is 74.3 Å². The van der Waals surface area contributed by atoms with Gasteiger partial charge < -0.3 is 0 Å². The van der Waals surface area contributed by atoms with Crippen molar-refractivity contribution in [2.75, 3.05) is 6.26 Å². The molecule has 0 bridgehead atoms. The highest BCUT2D eigenvalue weighted by Gasteiger charge is 2.11. The van der Waals surface area contributed by atoms with Crippen LogP contribution in [0.2, 0.25) is 0 Å². The van der Waals surface area contributed by atoms with E-state index < -0.39 is 0 Å². The molecule has 2 rings (SSSR count). The molecule has 2 aromatic carbocycles. The van der Waals surface area contributed by atoms with Crippen LogP contribution in [0.15, 0.2) is 58.3 Å². The van der Waals surface area contributed by atoms with Gasteiger partial charge in [-0.2, -0.15) is 0 Å². The quantitative estimate of drug-likeness (QED) is 0.587. The molecular formula is C16H18S2. The summed E-state index contributed by atoms with van der Waals surface area (Å²) in [5.74, 6) is 0.481. The van der Waals surface area contributed by atoms with Crippen LogP contribution in [0.4, 0.5) is 0 Å². The van der Waals surface area contributed by atoms with Crippen LogP contribution in [0.3, 0.4) is 0 Å². The minimum Gasteiger partial charge on any atom is -0.143 e. The van der Waals surface area contributed by atoms with E-state index in [1.807, 2.05) is 0 Å². The third-order valence-corrected chi connectivity index (χ3v) is 4.26. The first-order valence-electron chi connectivity index (χ1n) is 6.17. The van der Waals surface area contributed by atoms with E-state index in [0.717, 1.165) is 11.3 Å². The second-order valence-electron chi connectivity index (χ2n) is 4.33. The standard InChI is InChI=1S/C16H18S2/c1-3-16(12-4-8-14(17)9-5-12)13-6-10-15(18-2)11-7-13/h4-11,16-17H,3H2,1-2H3. The molecule has 0 saturated heterocycles. The second kappa shape index (κ2) is 6.35. The number of benzene rings is 2. The van der Waals surface area contributed by atoms with Crippen LogP contribution in [-0.2, 0) is 0 Å². The van der Waals surface area contributed by atoms with Gasteiger partial charge in [0.2, 0.25) is 0 Å². The van der Waals surface area contributed by atoms with Crippen LogP contribution in [0.1, 0.15) is 30.4 Å². The summed E-state index contributed by atoms with van der Waals surface area (Å²) in [4.78, 5) is 2.34. The monoisotopic (exact) mass is 274 g/mol. The minimum atomic E-state index is 0.481. The summed E-state index contributed by atoms with van der Waals surface area (Å²) in [6.07, 6.45) is 3.22. The van der Waals surface area contributed by atoms with Gasteiger partial charge in [-0.1, -0.05) is 31.2 Å². The summed E-state index contributed by atoms with van der Waals surface area (Å²) in [5, 5.41) is 0. The van der Waals surface area contributed by atoms with Gasteiger partial charge in [0.1, 0.15) is 0 Å². The van der Waals surface area contributed by atoms with Crippen molar-refractivity contribution in [2.24, 2.45) is 0 Å². The summed E-state index contributed by atoms with van der Waals surface area (Å²) in [5.41, 5.74) is 2.76. The van der Waals surface area contributed by atoms with Gasteiger partial charge in [-0.05, 0) is 48.1 Å². The highest BCUT2D eigenvalue weighted by atomic mass is 32.2. The molecular weight excluding hydrogens is 256 g/mol. The Morgan fingerprint density at radius 3 is 1.89 bits per heavy atom. The van der Waals surface area contributed by atoms with Gasteiger partial charge in [0.25, 0.3) is 0 Å². The van der Waals surface area contributed by atoms with Crippen LogP contribution < -0.4 is 0 Å². The molecule has 0 aliphatic rings. The summed E-state index contributed by atoms with van der Waals surface area (Å²) in [7, 11) is 0. The molecule has 0 N–H and O–H groups in total. The van der Waals surface area contributed by atoms with E-state index >= 15 is 0 Å². The first kappa shape index (κ1) is 13.6. The van der Waals surface area contributed by atoms with Crippen LogP contribution in [0.25, 0.3) is 0 Å². The number of thioether (sulfide) groups is 1. The van der Waals surface area contributed by atoms with Crippen molar-refractivity contribution in [3.05, 3.63) is 59.7 Å². The third-order valence-electron chi connectivity index (χ3n) is 3.22. The SMILES string of the molecule is CCC(c1ccc(S)cc1)c1ccc(SC)cc1. The van der Waals surface area contributed by atoms with Gasteiger partial charge >= 0.3 is 0 Å². The zero-order valence-electron chi connectivity index (χ0n) is 10.8. The highest BCUT2D eigenvalue weighted by Crippen LogP contribution is 2.29. The molecule has 0 amide bonds. The molecule has 1 unspecified atom stereocenters. The normalized spacial score (nSPS) is 12.4. The largest absolute Gasteiger partial charge is 0.143 e. The predicted octanol–water partition coefficient (Wildman–Crippen LogP) is 5.24. The minimum absolute atomic E-state index is 0.481. The predicted molar refractivity (Wildman–Crippen MR) is 84.1 cm³/mol. The van der Waals surface area contributed by atoms with Gasteiger partial charge in [-0.25, -0.2) is 0 Å². The van der Waals surface area contributed by atoms with Gasteiger partial charge in [0, 0.05) is 15.7 Å². The number of hydrogen-bond donors (Lipinski definition) is 1. The molecule has 0 saturated carbocycles. The van der Waals surface area contributed by atoms with E-state index in [-0.39, 0.29) is 0 Å². The van der Waals surface area contributed by atoms with Crippen molar-refractivity contribution in [2.45, 2.75) is 29.1 Å². The zero-order valence-corrected chi connectivity index (χ0v) is 12.5. The Hall–Kier alpha value is -0.860. The molecule has 0 spiro atoms. The first-order chi connectivity index (χ1) is 8.74. The lowest BCUT2D eigenvalue weighted by molar-refractivity contribution is 0.775. The Morgan fingerprint density at radius 2 is 1.44 bits per heavy atom. The molecule has 0 nitrogen and oxygen atoms in total. The molecule has 0 aromatic heterocycles. The average molecular weight is 274 g/mol. The third kappa shape index (κ3) is 3.12. The average Bonchev–Trinajstić information content (AvgIpc) is 2.42. The van der Waals surface area contributed by atoms with Gasteiger partial charge in [-0.3, -0.25) is 0 Å². The van der Waals surface area contributed by atoms with Crippen molar-refractivity contribution in [1.29, 1.82) is 0 Å². The summed E-state index contributed by atoms with van der Waals surface area (Å²) in [6.45, 7) is 2.24. The summed E-state index contributed by atoms with van der Waals surface area (Å²) in [6, 6.07) is 17.4. The second-order valence-corrected chi connectivity index (χ2v) is 5.72. The van der Waals surface area contributed by atoms with Crippen molar-refractivity contribution >= 4 is 24.4 Å². The molecule has 18 heavy (non-hydrogen) atoms. The lowest BCUT2D eigenvalue weighted by Crippen LogP contribution is -1.99. The smallest absolute Gasteiger partial charge is 0.00867 e. The number of rotatable bonds is 4. The van der Waals surface area contributed by atoms with E-state index in [4.69, 9.17) is 0 Å². The Bertz CT molecular complexity index is 486. The summed E-state index contributed by atoms with van der Waals surface area (Å²) >= 11 is 6.12. The first-order valence-corrected chi connectivity index (χ1v) is 7.84. The molecule has 0 aliphatic heterocycles. The molecule has 0 radical (unpaired) electrons. The number of hydrogen-bond acceptors (Lipinski definition) is 2. The van der Waals surface area contributed by atoms with Crippen molar-refractivity contribution < 1.29 is 0 Å². The maximum atomic E-state index is 4.34. The fraction of sp³-hybridized carbons (Fsp3) is 0.250. The van der Waals surface area contributed by atoms with Crippen LogP contribution in [0.5, 0.6) is 0 Å². The fourth-order valence-corrected chi connectivity index (χ4v) is 2.76. The molecule has 0 aliphatic carbocycles. The van der Waals surface area contributed by atoms with Crippen LogP contribution in [-0.4, -0.2) is 6.26 Å². The van der Waals surface area contributed by atoms with E-state index in [1.54, 1.807) is 11.8 Å². The topological polar surface area (TPSA) is 0 Å². The summed E-state index contributed by atoms with van der Waals surface area (Å²) < 4.78 is 0. The molecule has 1 atom stereocenters. The van der Waals surface area contributed by atoms with Gasteiger partial charge in [-0.15, -0.1) is 24.4 Å². The highest BCUT2D eigenvalue weighted by molar-refractivity contribution is 7.98. The maximum absolute atomic E-state index is 4.34. The zero-order chi connectivity index (χ0) is 13.0. The van der Waals surface area contributed by atoms with Gasteiger partial charge in [0.15, 0.2) is 0 Å². The maximum Gasteiger partial charge on any atom is 0.00867 e. The molecule has 94 valence electrons. The molecule has 2 aromatic rings. The molecule has 2 heteroatoms. The Balaban J connectivity index is 2.29. The van der Waals surface area contributed by atoms with Crippen molar-refractivity contribution in [3.8, 4) is 0 Å².